The van der Waals surface area contributed by atoms with Gasteiger partial charge in [0.15, 0.2) is 0 Å². The quantitative estimate of drug-likeness (QED) is 0.855. The fourth-order valence-electron chi connectivity index (χ4n) is 2.89. The summed E-state index contributed by atoms with van der Waals surface area (Å²) in [5, 5.41) is 12.6. The Morgan fingerprint density at radius 2 is 2.14 bits per heavy atom. The van der Waals surface area contributed by atoms with Crippen molar-refractivity contribution in [1.82, 2.24) is 24.9 Å². The summed E-state index contributed by atoms with van der Waals surface area (Å²) in [5.74, 6) is 1.28. The SMILES string of the molecule is Cc1cc(C)n(C[C@@H]2CN([C@@H](C)c3nnc(C)o3)CCO2)n1. The Balaban J connectivity index is 1.65. The normalized spacial score (nSPS) is 21.2. The molecule has 2 atom stereocenters. The molecule has 0 radical (unpaired) electrons. The molecule has 2 aromatic heterocycles. The van der Waals surface area contributed by atoms with E-state index in [4.69, 9.17) is 9.15 Å². The van der Waals surface area contributed by atoms with E-state index in [-0.39, 0.29) is 12.1 Å². The second-order valence-electron chi connectivity index (χ2n) is 5.93. The highest BCUT2D eigenvalue weighted by atomic mass is 16.5. The Hall–Kier alpha value is -1.73. The predicted octanol–water partition coefficient (Wildman–Crippen LogP) is 1.65. The molecule has 0 saturated carbocycles. The van der Waals surface area contributed by atoms with Gasteiger partial charge in [-0.1, -0.05) is 0 Å². The smallest absolute Gasteiger partial charge is 0.233 e. The zero-order valence-corrected chi connectivity index (χ0v) is 13.6. The average molecular weight is 305 g/mol. The van der Waals surface area contributed by atoms with Gasteiger partial charge in [-0.15, -0.1) is 10.2 Å². The van der Waals surface area contributed by atoms with Gasteiger partial charge in [-0.3, -0.25) is 9.58 Å². The summed E-state index contributed by atoms with van der Waals surface area (Å²) in [7, 11) is 0. The number of aromatic nitrogens is 4. The van der Waals surface area contributed by atoms with Crippen LogP contribution in [0, 0.1) is 20.8 Å². The molecular formula is C15H23N5O2. The standard InChI is InChI=1S/C15H23N5O2/c1-10-7-11(2)20(18-10)9-14-8-19(5-6-21-14)12(3)15-17-16-13(4)22-15/h7,12,14H,5-6,8-9H2,1-4H3/t12-,14-/m0/s1. The van der Waals surface area contributed by atoms with E-state index >= 15 is 0 Å². The molecule has 0 spiro atoms. The van der Waals surface area contributed by atoms with E-state index in [0.29, 0.717) is 18.4 Å². The third kappa shape index (κ3) is 3.20. The second kappa shape index (κ2) is 6.18. The molecule has 1 saturated heterocycles. The lowest BCUT2D eigenvalue weighted by molar-refractivity contribution is -0.0530. The van der Waals surface area contributed by atoms with Crippen LogP contribution < -0.4 is 0 Å². The molecule has 1 aliphatic rings. The van der Waals surface area contributed by atoms with Gasteiger partial charge in [-0.05, 0) is 26.8 Å². The summed E-state index contributed by atoms with van der Waals surface area (Å²) in [5.41, 5.74) is 2.21. The maximum absolute atomic E-state index is 5.90. The number of hydrogen-bond donors (Lipinski definition) is 0. The first kappa shape index (κ1) is 15.2. The van der Waals surface area contributed by atoms with Gasteiger partial charge >= 0.3 is 0 Å². The molecule has 120 valence electrons. The number of morpholine rings is 1. The lowest BCUT2D eigenvalue weighted by Crippen LogP contribution is -2.45. The van der Waals surface area contributed by atoms with Crippen molar-refractivity contribution < 1.29 is 9.15 Å². The summed E-state index contributed by atoms with van der Waals surface area (Å²) < 4.78 is 13.5. The number of aryl methyl sites for hydroxylation is 3. The molecule has 0 unspecified atom stereocenters. The fourth-order valence-corrected chi connectivity index (χ4v) is 2.89. The highest BCUT2D eigenvalue weighted by Gasteiger charge is 2.28. The summed E-state index contributed by atoms with van der Waals surface area (Å²) in [6.45, 7) is 11.2. The van der Waals surface area contributed by atoms with Gasteiger partial charge in [-0.25, -0.2) is 0 Å². The summed E-state index contributed by atoms with van der Waals surface area (Å²) >= 11 is 0. The molecule has 3 rings (SSSR count). The van der Waals surface area contributed by atoms with E-state index in [9.17, 15) is 0 Å². The lowest BCUT2D eigenvalue weighted by Gasteiger charge is -2.35. The highest BCUT2D eigenvalue weighted by molar-refractivity contribution is 5.06. The Kier molecular flexibility index (Phi) is 4.26. The molecule has 7 nitrogen and oxygen atoms in total. The van der Waals surface area contributed by atoms with E-state index in [2.05, 4.69) is 40.1 Å². The van der Waals surface area contributed by atoms with E-state index in [1.54, 1.807) is 0 Å². The fraction of sp³-hybridized carbons (Fsp3) is 0.667. The Morgan fingerprint density at radius 1 is 1.32 bits per heavy atom. The van der Waals surface area contributed by atoms with E-state index in [1.807, 2.05) is 18.5 Å². The van der Waals surface area contributed by atoms with Gasteiger partial charge in [0.25, 0.3) is 0 Å². The first-order valence-electron chi connectivity index (χ1n) is 7.69. The molecule has 22 heavy (non-hydrogen) atoms. The van der Waals surface area contributed by atoms with Crippen molar-refractivity contribution in [2.24, 2.45) is 0 Å². The van der Waals surface area contributed by atoms with E-state index in [0.717, 1.165) is 25.3 Å². The topological polar surface area (TPSA) is 69.2 Å². The molecule has 2 aromatic rings. The number of ether oxygens (including phenoxy) is 1. The van der Waals surface area contributed by atoms with Crippen LogP contribution in [-0.2, 0) is 11.3 Å². The zero-order valence-electron chi connectivity index (χ0n) is 13.6. The molecule has 3 heterocycles. The van der Waals surface area contributed by atoms with Crippen molar-refractivity contribution in [3.8, 4) is 0 Å². The largest absolute Gasteiger partial charge is 0.424 e. The van der Waals surface area contributed by atoms with Gasteiger partial charge < -0.3 is 9.15 Å². The highest BCUT2D eigenvalue weighted by Crippen LogP contribution is 2.22. The minimum absolute atomic E-state index is 0.105. The monoisotopic (exact) mass is 305 g/mol. The first-order valence-corrected chi connectivity index (χ1v) is 7.69. The van der Waals surface area contributed by atoms with Crippen molar-refractivity contribution in [3.63, 3.8) is 0 Å². The van der Waals surface area contributed by atoms with Crippen LogP contribution in [0.25, 0.3) is 0 Å². The molecule has 0 N–H and O–H groups in total. The van der Waals surface area contributed by atoms with Crippen LogP contribution in [0.2, 0.25) is 0 Å². The summed E-state index contributed by atoms with van der Waals surface area (Å²) in [6.07, 6.45) is 0.123. The minimum Gasteiger partial charge on any atom is -0.424 e. The van der Waals surface area contributed by atoms with Crippen LogP contribution in [0.5, 0.6) is 0 Å². The number of hydrogen-bond acceptors (Lipinski definition) is 6. The third-order valence-electron chi connectivity index (χ3n) is 4.10. The molecule has 1 aliphatic heterocycles. The van der Waals surface area contributed by atoms with Gasteiger partial charge in [0.1, 0.15) is 0 Å². The minimum atomic E-state index is 0.105. The maximum atomic E-state index is 5.90. The maximum Gasteiger partial charge on any atom is 0.233 e. The van der Waals surface area contributed by atoms with E-state index in [1.165, 1.54) is 5.69 Å². The molecule has 0 bridgehead atoms. The molecule has 1 fully saturated rings. The van der Waals surface area contributed by atoms with Crippen molar-refractivity contribution in [2.75, 3.05) is 19.7 Å². The predicted molar refractivity (Wildman–Crippen MR) is 80.5 cm³/mol. The van der Waals surface area contributed by atoms with Crippen molar-refractivity contribution in [2.45, 2.75) is 46.4 Å². The average Bonchev–Trinajstić information content (AvgIpc) is 3.05. The third-order valence-corrected chi connectivity index (χ3v) is 4.10. The van der Waals surface area contributed by atoms with Gasteiger partial charge in [-0.2, -0.15) is 5.10 Å². The summed E-state index contributed by atoms with van der Waals surface area (Å²) in [4.78, 5) is 2.33. The molecule has 0 aromatic carbocycles. The van der Waals surface area contributed by atoms with E-state index < -0.39 is 0 Å². The first-order chi connectivity index (χ1) is 10.5. The van der Waals surface area contributed by atoms with Crippen molar-refractivity contribution in [1.29, 1.82) is 0 Å². The van der Waals surface area contributed by atoms with Crippen LogP contribution >= 0.6 is 0 Å². The Bertz CT molecular complexity index is 636. The molecule has 0 amide bonds. The van der Waals surface area contributed by atoms with Crippen LogP contribution in [0.15, 0.2) is 10.5 Å². The zero-order chi connectivity index (χ0) is 15.7. The van der Waals surface area contributed by atoms with Crippen LogP contribution in [-0.4, -0.2) is 50.7 Å². The number of nitrogens with zero attached hydrogens (tertiary/aromatic N) is 5. The molecule has 0 aliphatic carbocycles. The summed E-state index contributed by atoms with van der Waals surface area (Å²) in [6, 6.07) is 2.19. The van der Waals surface area contributed by atoms with Crippen LogP contribution in [0.3, 0.4) is 0 Å². The van der Waals surface area contributed by atoms with Crippen LogP contribution in [0.1, 0.15) is 36.1 Å². The van der Waals surface area contributed by atoms with Gasteiger partial charge in [0.2, 0.25) is 11.8 Å². The Morgan fingerprint density at radius 3 is 2.77 bits per heavy atom. The van der Waals surface area contributed by atoms with Crippen molar-refractivity contribution in [3.05, 3.63) is 29.2 Å². The Labute approximate surface area is 130 Å². The lowest BCUT2D eigenvalue weighted by atomic mass is 10.2. The molecular weight excluding hydrogens is 282 g/mol. The number of rotatable bonds is 4. The van der Waals surface area contributed by atoms with Crippen molar-refractivity contribution >= 4 is 0 Å². The molecule has 7 heteroatoms. The van der Waals surface area contributed by atoms with Crippen LogP contribution in [0.4, 0.5) is 0 Å². The second-order valence-corrected chi connectivity index (χ2v) is 5.93. The van der Waals surface area contributed by atoms with Gasteiger partial charge in [0.05, 0.1) is 31.0 Å². The van der Waals surface area contributed by atoms with Gasteiger partial charge in [0, 0.05) is 25.7 Å².